The lowest BCUT2D eigenvalue weighted by Gasteiger charge is -2.16. The van der Waals surface area contributed by atoms with Crippen molar-refractivity contribution in [2.24, 2.45) is 0 Å². The van der Waals surface area contributed by atoms with Gasteiger partial charge in [0.05, 0.1) is 11.2 Å². The molecule has 2 nitrogen and oxygen atoms in total. The van der Waals surface area contributed by atoms with Gasteiger partial charge >= 0.3 is 0 Å². The fraction of sp³-hybridized carbons (Fsp3) is 0. The van der Waals surface area contributed by atoms with E-state index in [9.17, 15) is 0 Å². The lowest BCUT2D eigenvalue weighted by atomic mass is 9.90. The van der Waals surface area contributed by atoms with E-state index in [-0.39, 0.29) is 0 Å². The Labute approximate surface area is 267 Å². The molecule has 214 valence electrons. The van der Waals surface area contributed by atoms with Crippen molar-refractivity contribution in [3.8, 4) is 44.6 Å². The monoisotopic (exact) mass is 584 g/mol. The summed E-state index contributed by atoms with van der Waals surface area (Å²) in [7, 11) is 0. The van der Waals surface area contributed by atoms with Crippen LogP contribution in [0, 0.1) is 0 Å². The van der Waals surface area contributed by atoms with Gasteiger partial charge in [-0.2, -0.15) is 0 Å². The van der Waals surface area contributed by atoms with Gasteiger partial charge in [0.15, 0.2) is 0 Å². The van der Waals surface area contributed by atoms with Gasteiger partial charge in [0.2, 0.25) is 0 Å². The van der Waals surface area contributed by atoms with Crippen LogP contribution in [-0.2, 0) is 0 Å². The lowest BCUT2D eigenvalue weighted by molar-refractivity contribution is 1.33. The Kier molecular flexibility index (Phi) is 6.17. The largest absolute Gasteiger partial charge is 0.264 e. The molecule has 0 bridgehead atoms. The van der Waals surface area contributed by atoms with Crippen LogP contribution in [0.5, 0.6) is 0 Å². The molecule has 0 fully saturated rings. The molecule has 2 heterocycles. The Bertz CT molecular complexity index is 2570. The minimum Gasteiger partial charge on any atom is -0.264 e. The molecule has 0 aliphatic heterocycles. The number of hydrogen-bond donors (Lipinski definition) is 0. The summed E-state index contributed by atoms with van der Waals surface area (Å²) in [6.45, 7) is 0. The molecule has 7 aromatic carbocycles. The Morgan fingerprint density at radius 3 is 1.65 bits per heavy atom. The zero-order chi connectivity index (χ0) is 30.5. The van der Waals surface area contributed by atoms with E-state index in [1.54, 1.807) is 0 Å². The normalized spacial score (nSPS) is 11.5. The quantitative estimate of drug-likeness (QED) is 0.192. The fourth-order valence-electron chi connectivity index (χ4n) is 6.76. The third kappa shape index (κ3) is 4.51. The first-order chi connectivity index (χ1) is 22.8. The van der Waals surface area contributed by atoms with Crippen LogP contribution >= 0.6 is 0 Å². The summed E-state index contributed by atoms with van der Waals surface area (Å²) in [6, 6.07) is 56.7. The van der Waals surface area contributed by atoms with Crippen molar-refractivity contribution >= 4 is 43.2 Å². The first-order valence-electron chi connectivity index (χ1n) is 15.6. The van der Waals surface area contributed by atoms with E-state index in [0.29, 0.717) is 0 Å². The minimum absolute atomic E-state index is 0.972. The van der Waals surface area contributed by atoms with Gasteiger partial charge in [-0.05, 0) is 90.6 Å². The number of pyridine rings is 2. The molecule has 2 heteroatoms. The van der Waals surface area contributed by atoms with Crippen LogP contribution < -0.4 is 0 Å². The van der Waals surface area contributed by atoms with Crippen molar-refractivity contribution in [2.75, 3.05) is 0 Å². The Hall–Kier alpha value is -6.12. The lowest BCUT2D eigenvalue weighted by Crippen LogP contribution is -1.93. The van der Waals surface area contributed by atoms with Crippen molar-refractivity contribution in [2.45, 2.75) is 0 Å². The summed E-state index contributed by atoms with van der Waals surface area (Å²) in [4.78, 5) is 9.72. The van der Waals surface area contributed by atoms with Gasteiger partial charge in [0.25, 0.3) is 0 Å². The van der Waals surface area contributed by atoms with E-state index >= 15 is 0 Å². The van der Waals surface area contributed by atoms with Crippen molar-refractivity contribution < 1.29 is 0 Å². The summed E-state index contributed by atoms with van der Waals surface area (Å²) < 4.78 is 0. The number of fused-ring (bicyclic) bond motifs is 5. The van der Waals surface area contributed by atoms with Crippen LogP contribution in [0.15, 0.2) is 170 Å². The first-order valence-corrected chi connectivity index (χ1v) is 15.6. The van der Waals surface area contributed by atoms with E-state index in [1.807, 2.05) is 18.5 Å². The number of aromatic nitrogens is 2. The number of rotatable bonds is 4. The summed E-state index contributed by atoms with van der Waals surface area (Å²) in [5.41, 5.74) is 10.1. The molecule has 0 radical (unpaired) electrons. The van der Waals surface area contributed by atoms with Crippen LogP contribution in [-0.4, -0.2) is 9.97 Å². The SMILES string of the molecule is c1cncc(-c2ccc(-c3cc4c(-c5ccc6ccccc6c5)cc(-c5ccc6ccccc6c5)nc4c4ccccc34)cc2)c1. The van der Waals surface area contributed by atoms with E-state index in [1.165, 1.54) is 49.2 Å². The second kappa shape index (κ2) is 10.8. The molecule has 9 aromatic rings. The molecular formula is C44H28N2. The van der Waals surface area contributed by atoms with Gasteiger partial charge in [-0.25, -0.2) is 4.98 Å². The van der Waals surface area contributed by atoms with Crippen LogP contribution in [0.4, 0.5) is 0 Å². The molecule has 0 unspecified atom stereocenters. The van der Waals surface area contributed by atoms with Crippen LogP contribution in [0.3, 0.4) is 0 Å². The smallest absolute Gasteiger partial charge is 0.0794 e. The predicted molar refractivity (Wildman–Crippen MR) is 194 cm³/mol. The standard InChI is InChI=1S/C44H28N2/c1-3-10-33-24-35(21-17-29(33)8-1)41-27-43(36-22-18-30-9-2-4-11-34(30)25-36)46-44-39-14-6-5-13-38(39)40(26-42(41)44)32-19-15-31(16-20-32)37-12-7-23-45-28-37/h1-28H. The molecule has 0 N–H and O–H groups in total. The molecule has 0 saturated carbocycles. The van der Waals surface area contributed by atoms with Gasteiger partial charge in [-0.15, -0.1) is 0 Å². The number of nitrogens with zero attached hydrogens (tertiary/aromatic N) is 2. The second-order valence-corrected chi connectivity index (χ2v) is 11.9. The summed E-state index contributed by atoms with van der Waals surface area (Å²) in [5, 5.41) is 8.39. The predicted octanol–water partition coefficient (Wildman–Crippen LogP) is 11.8. The molecule has 2 aromatic heterocycles. The molecule has 0 spiro atoms. The average molecular weight is 585 g/mol. The summed E-state index contributed by atoms with van der Waals surface area (Å²) >= 11 is 0. The zero-order valence-corrected chi connectivity index (χ0v) is 25.1. The van der Waals surface area contributed by atoms with Crippen molar-refractivity contribution in [1.29, 1.82) is 0 Å². The van der Waals surface area contributed by atoms with E-state index in [4.69, 9.17) is 4.98 Å². The van der Waals surface area contributed by atoms with Crippen LogP contribution in [0.25, 0.3) is 87.9 Å². The number of hydrogen-bond acceptors (Lipinski definition) is 2. The van der Waals surface area contributed by atoms with Crippen molar-refractivity contribution in [3.63, 3.8) is 0 Å². The van der Waals surface area contributed by atoms with Gasteiger partial charge in [0.1, 0.15) is 0 Å². The first kappa shape index (κ1) is 26.3. The van der Waals surface area contributed by atoms with Crippen molar-refractivity contribution in [1.82, 2.24) is 9.97 Å². The third-order valence-corrected chi connectivity index (χ3v) is 9.12. The molecule has 0 aliphatic carbocycles. The van der Waals surface area contributed by atoms with E-state index in [0.717, 1.165) is 38.7 Å². The highest BCUT2D eigenvalue weighted by atomic mass is 14.7. The number of benzene rings is 7. The Morgan fingerprint density at radius 2 is 0.935 bits per heavy atom. The Morgan fingerprint density at radius 1 is 0.348 bits per heavy atom. The molecule has 9 rings (SSSR count). The summed E-state index contributed by atoms with van der Waals surface area (Å²) in [5.74, 6) is 0. The van der Waals surface area contributed by atoms with Gasteiger partial charge in [-0.1, -0.05) is 127 Å². The molecule has 0 saturated heterocycles. The maximum absolute atomic E-state index is 5.41. The van der Waals surface area contributed by atoms with Gasteiger partial charge in [0, 0.05) is 28.7 Å². The van der Waals surface area contributed by atoms with Gasteiger partial charge < -0.3 is 0 Å². The maximum Gasteiger partial charge on any atom is 0.0794 e. The van der Waals surface area contributed by atoms with Crippen LogP contribution in [0.1, 0.15) is 0 Å². The maximum atomic E-state index is 5.41. The van der Waals surface area contributed by atoms with Crippen LogP contribution in [0.2, 0.25) is 0 Å². The fourth-order valence-corrected chi connectivity index (χ4v) is 6.76. The molecule has 0 aliphatic rings. The minimum atomic E-state index is 0.972. The molecule has 0 atom stereocenters. The highest BCUT2D eigenvalue weighted by molar-refractivity contribution is 6.16. The topological polar surface area (TPSA) is 25.8 Å². The average Bonchev–Trinajstić information content (AvgIpc) is 3.14. The highest BCUT2D eigenvalue weighted by Crippen LogP contribution is 2.41. The highest BCUT2D eigenvalue weighted by Gasteiger charge is 2.16. The molecular weight excluding hydrogens is 556 g/mol. The zero-order valence-electron chi connectivity index (χ0n) is 25.1. The molecule has 46 heavy (non-hydrogen) atoms. The van der Waals surface area contributed by atoms with E-state index in [2.05, 4.69) is 157 Å². The summed E-state index contributed by atoms with van der Waals surface area (Å²) in [6.07, 6.45) is 3.72. The van der Waals surface area contributed by atoms with Crippen molar-refractivity contribution in [3.05, 3.63) is 170 Å². The van der Waals surface area contributed by atoms with Gasteiger partial charge in [-0.3, -0.25) is 4.98 Å². The van der Waals surface area contributed by atoms with E-state index < -0.39 is 0 Å². The second-order valence-electron chi connectivity index (χ2n) is 11.9. The Balaban J connectivity index is 1.32. The third-order valence-electron chi connectivity index (χ3n) is 9.12. The molecule has 0 amide bonds.